The second-order valence-electron chi connectivity index (χ2n) is 5.97. The van der Waals surface area contributed by atoms with Gasteiger partial charge < -0.3 is 10.1 Å². The van der Waals surface area contributed by atoms with E-state index in [2.05, 4.69) is 10.4 Å². The van der Waals surface area contributed by atoms with Gasteiger partial charge in [-0.15, -0.1) is 0 Å². The summed E-state index contributed by atoms with van der Waals surface area (Å²) < 4.78 is 7.16. The number of carbonyl (C=O) groups excluding carboxylic acids is 1. The molecule has 0 spiro atoms. The topological polar surface area (TPSA) is 56.1 Å². The normalized spacial score (nSPS) is 10.8. The third-order valence-corrected chi connectivity index (χ3v) is 3.90. The molecule has 5 heteroatoms. The van der Waals surface area contributed by atoms with Gasteiger partial charge in [0.2, 0.25) is 5.91 Å². The van der Waals surface area contributed by atoms with Crippen LogP contribution in [0.4, 0.5) is 5.69 Å². The average Bonchev–Trinajstić information content (AvgIpc) is 3.13. The molecule has 0 bridgehead atoms. The van der Waals surface area contributed by atoms with Crippen molar-refractivity contribution >= 4 is 17.7 Å². The fraction of sp³-hybridized carbons (Fsp3) is 0.143. The largest absolute Gasteiger partial charge is 0.496 e. The van der Waals surface area contributed by atoms with Crippen molar-refractivity contribution in [1.82, 2.24) is 9.78 Å². The molecule has 0 saturated carbocycles. The molecule has 0 radical (unpaired) electrons. The molecule has 0 saturated heterocycles. The van der Waals surface area contributed by atoms with Crippen molar-refractivity contribution in [2.24, 2.45) is 0 Å². The predicted octanol–water partition coefficient (Wildman–Crippen LogP) is 3.90. The SMILES string of the molecule is COc1ccc(C)cc1/C=C/C(=O)Nc1cccc(Cn2cccn2)c1. The first-order valence-corrected chi connectivity index (χ1v) is 8.34. The zero-order chi connectivity index (χ0) is 18.4. The minimum absolute atomic E-state index is 0.190. The predicted molar refractivity (Wildman–Crippen MR) is 103 cm³/mol. The molecule has 132 valence electrons. The molecular formula is C21H21N3O2. The fourth-order valence-electron chi connectivity index (χ4n) is 2.66. The maximum atomic E-state index is 12.2. The number of benzene rings is 2. The van der Waals surface area contributed by atoms with Gasteiger partial charge in [-0.3, -0.25) is 9.48 Å². The minimum Gasteiger partial charge on any atom is -0.496 e. The molecule has 0 aliphatic heterocycles. The van der Waals surface area contributed by atoms with Gasteiger partial charge in [0.25, 0.3) is 0 Å². The van der Waals surface area contributed by atoms with Crippen LogP contribution in [0, 0.1) is 6.92 Å². The lowest BCUT2D eigenvalue weighted by atomic mass is 10.1. The zero-order valence-corrected chi connectivity index (χ0v) is 14.8. The highest BCUT2D eigenvalue weighted by Gasteiger charge is 2.03. The summed E-state index contributed by atoms with van der Waals surface area (Å²) in [4.78, 5) is 12.2. The second-order valence-corrected chi connectivity index (χ2v) is 5.97. The van der Waals surface area contributed by atoms with Gasteiger partial charge in [0.15, 0.2) is 0 Å². The van der Waals surface area contributed by atoms with Gasteiger partial charge in [-0.2, -0.15) is 5.10 Å². The van der Waals surface area contributed by atoms with Crippen LogP contribution in [0.15, 0.2) is 67.0 Å². The average molecular weight is 347 g/mol. The van der Waals surface area contributed by atoms with E-state index in [1.807, 2.05) is 66.3 Å². The Morgan fingerprint density at radius 1 is 1.23 bits per heavy atom. The van der Waals surface area contributed by atoms with Crippen molar-refractivity contribution < 1.29 is 9.53 Å². The van der Waals surface area contributed by atoms with Crippen LogP contribution in [0.5, 0.6) is 5.75 Å². The summed E-state index contributed by atoms with van der Waals surface area (Å²) in [6.45, 7) is 2.66. The van der Waals surface area contributed by atoms with E-state index in [-0.39, 0.29) is 5.91 Å². The number of nitrogens with one attached hydrogen (secondary N) is 1. The van der Waals surface area contributed by atoms with E-state index in [0.29, 0.717) is 6.54 Å². The van der Waals surface area contributed by atoms with Crippen molar-refractivity contribution in [3.05, 3.63) is 83.7 Å². The number of anilines is 1. The van der Waals surface area contributed by atoms with E-state index in [1.54, 1.807) is 19.4 Å². The first-order chi connectivity index (χ1) is 12.6. The van der Waals surface area contributed by atoms with Crippen LogP contribution in [0.25, 0.3) is 6.08 Å². The Bertz CT molecular complexity index is 915. The number of amides is 1. The number of hydrogen-bond acceptors (Lipinski definition) is 3. The highest BCUT2D eigenvalue weighted by atomic mass is 16.5. The molecule has 0 aliphatic rings. The summed E-state index contributed by atoms with van der Waals surface area (Å²) in [5.41, 5.74) is 3.80. The van der Waals surface area contributed by atoms with Crippen LogP contribution >= 0.6 is 0 Å². The summed E-state index contributed by atoms with van der Waals surface area (Å²) in [5.74, 6) is 0.547. The Kier molecular flexibility index (Phi) is 5.49. The molecule has 2 aromatic carbocycles. The van der Waals surface area contributed by atoms with Crippen LogP contribution < -0.4 is 10.1 Å². The van der Waals surface area contributed by atoms with Crippen molar-refractivity contribution in [2.45, 2.75) is 13.5 Å². The van der Waals surface area contributed by atoms with Gasteiger partial charge in [0.1, 0.15) is 5.75 Å². The molecule has 0 atom stereocenters. The lowest BCUT2D eigenvalue weighted by molar-refractivity contribution is -0.111. The Balaban J connectivity index is 1.67. The molecule has 1 N–H and O–H groups in total. The number of aryl methyl sites for hydroxylation is 1. The zero-order valence-electron chi connectivity index (χ0n) is 14.8. The third kappa shape index (κ3) is 4.60. The fourth-order valence-corrected chi connectivity index (χ4v) is 2.66. The molecule has 3 rings (SSSR count). The van der Waals surface area contributed by atoms with E-state index < -0.39 is 0 Å². The van der Waals surface area contributed by atoms with Crippen molar-refractivity contribution in [1.29, 1.82) is 0 Å². The standard InChI is InChI=1S/C21H21N3O2/c1-16-7-9-20(26-2)18(13-16)8-10-21(25)23-19-6-3-5-17(14-19)15-24-12-4-11-22-24/h3-14H,15H2,1-2H3,(H,23,25)/b10-8+. The summed E-state index contributed by atoms with van der Waals surface area (Å²) in [6, 6.07) is 15.5. The first kappa shape index (κ1) is 17.5. The van der Waals surface area contributed by atoms with E-state index >= 15 is 0 Å². The number of aromatic nitrogens is 2. The van der Waals surface area contributed by atoms with E-state index in [4.69, 9.17) is 4.74 Å². The molecule has 0 unspecified atom stereocenters. The summed E-state index contributed by atoms with van der Waals surface area (Å²) in [7, 11) is 1.62. The number of nitrogens with zero attached hydrogens (tertiary/aromatic N) is 2. The van der Waals surface area contributed by atoms with Gasteiger partial charge in [0, 0.05) is 29.7 Å². The van der Waals surface area contributed by atoms with Gasteiger partial charge in [-0.25, -0.2) is 0 Å². The number of ether oxygens (including phenoxy) is 1. The van der Waals surface area contributed by atoms with Gasteiger partial charge in [0.05, 0.1) is 13.7 Å². The van der Waals surface area contributed by atoms with E-state index in [0.717, 1.165) is 28.1 Å². The third-order valence-electron chi connectivity index (χ3n) is 3.90. The van der Waals surface area contributed by atoms with Crippen LogP contribution in [-0.2, 0) is 11.3 Å². The Morgan fingerprint density at radius 2 is 2.12 bits per heavy atom. The smallest absolute Gasteiger partial charge is 0.248 e. The van der Waals surface area contributed by atoms with Gasteiger partial charge >= 0.3 is 0 Å². The number of rotatable bonds is 6. The Morgan fingerprint density at radius 3 is 2.88 bits per heavy atom. The molecule has 0 fully saturated rings. The lowest BCUT2D eigenvalue weighted by Gasteiger charge is -2.07. The molecule has 1 heterocycles. The first-order valence-electron chi connectivity index (χ1n) is 8.34. The lowest BCUT2D eigenvalue weighted by Crippen LogP contribution is -2.08. The summed E-state index contributed by atoms with van der Waals surface area (Å²) >= 11 is 0. The number of hydrogen-bond donors (Lipinski definition) is 1. The molecular weight excluding hydrogens is 326 g/mol. The van der Waals surface area contributed by atoms with Crippen LogP contribution in [0.1, 0.15) is 16.7 Å². The molecule has 1 aromatic heterocycles. The van der Waals surface area contributed by atoms with Crippen LogP contribution in [0.3, 0.4) is 0 Å². The molecule has 5 nitrogen and oxygen atoms in total. The minimum atomic E-state index is -0.190. The van der Waals surface area contributed by atoms with E-state index in [1.165, 1.54) is 6.08 Å². The number of carbonyl (C=O) groups is 1. The highest BCUT2D eigenvalue weighted by Crippen LogP contribution is 2.21. The monoisotopic (exact) mass is 347 g/mol. The molecule has 1 amide bonds. The van der Waals surface area contributed by atoms with Crippen LogP contribution in [-0.4, -0.2) is 22.8 Å². The van der Waals surface area contributed by atoms with Crippen molar-refractivity contribution in [3.63, 3.8) is 0 Å². The quantitative estimate of drug-likeness (QED) is 0.688. The Hall–Kier alpha value is -3.34. The number of methoxy groups -OCH3 is 1. The maximum absolute atomic E-state index is 12.2. The highest BCUT2D eigenvalue weighted by molar-refractivity contribution is 6.02. The van der Waals surface area contributed by atoms with Crippen LogP contribution in [0.2, 0.25) is 0 Å². The van der Waals surface area contributed by atoms with Crippen molar-refractivity contribution in [3.8, 4) is 5.75 Å². The second kappa shape index (κ2) is 8.16. The summed E-state index contributed by atoms with van der Waals surface area (Å²) in [6.07, 6.45) is 6.92. The molecule has 3 aromatic rings. The Labute approximate surface area is 152 Å². The molecule has 26 heavy (non-hydrogen) atoms. The van der Waals surface area contributed by atoms with E-state index in [9.17, 15) is 4.79 Å². The maximum Gasteiger partial charge on any atom is 0.248 e. The summed E-state index contributed by atoms with van der Waals surface area (Å²) in [5, 5.41) is 7.08. The van der Waals surface area contributed by atoms with Crippen molar-refractivity contribution in [2.75, 3.05) is 12.4 Å². The molecule has 0 aliphatic carbocycles. The van der Waals surface area contributed by atoms with Gasteiger partial charge in [-0.1, -0.05) is 23.8 Å². The van der Waals surface area contributed by atoms with Gasteiger partial charge in [-0.05, 0) is 48.9 Å².